The molecule has 2 aromatic heterocycles. The monoisotopic (exact) mass is 249 g/mol. The van der Waals surface area contributed by atoms with E-state index in [0.717, 1.165) is 35.6 Å². The van der Waals surface area contributed by atoms with Crippen molar-refractivity contribution in [2.45, 2.75) is 25.9 Å². The van der Waals surface area contributed by atoms with Crippen molar-refractivity contribution in [1.29, 1.82) is 0 Å². The lowest BCUT2D eigenvalue weighted by molar-refractivity contribution is 0.120. The Morgan fingerprint density at radius 2 is 2.47 bits per heavy atom. The fourth-order valence-electron chi connectivity index (χ4n) is 2.13. The maximum absolute atomic E-state index is 5.59. The molecular weight excluding hydrogens is 234 g/mol. The molecule has 1 aliphatic heterocycles. The van der Waals surface area contributed by atoms with Crippen LogP contribution in [0, 0.1) is 6.92 Å². The number of aromatic nitrogens is 2. The Kier molecular flexibility index (Phi) is 2.94. The van der Waals surface area contributed by atoms with Gasteiger partial charge < -0.3 is 10.1 Å². The lowest BCUT2D eigenvalue weighted by Crippen LogP contribution is -2.19. The van der Waals surface area contributed by atoms with Crippen molar-refractivity contribution < 1.29 is 4.74 Å². The molecule has 0 spiro atoms. The zero-order valence-electron chi connectivity index (χ0n) is 9.77. The van der Waals surface area contributed by atoms with Crippen molar-refractivity contribution >= 4 is 27.4 Å². The van der Waals surface area contributed by atoms with Crippen LogP contribution in [0.15, 0.2) is 12.4 Å². The van der Waals surface area contributed by atoms with Gasteiger partial charge in [-0.25, -0.2) is 9.97 Å². The van der Waals surface area contributed by atoms with Gasteiger partial charge in [0.2, 0.25) is 0 Å². The highest BCUT2D eigenvalue weighted by atomic mass is 32.1. The number of fused-ring (bicyclic) bond motifs is 1. The molecule has 1 fully saturated rings. The Morgan fingerprint density at radius 1 is 1.53 bits per heavy atom. The van der Waals surface area contributed by atoms with Crippen molar-refractivity contribution in [3.05, 3.63) is 17.3 Å². The van der Waals surface area contributed by atoms with E-state index < -0.39 is 0 Å². The summed E-state index contributed by atoms with van der Waals surface area (Å²) in [5.41, 5.74) is 0. The van der Waals surface area contributed by atoms with E-state index in [4.69, 9.17) is 4.74 Å². The summed E-state index contributed by atoms with van der Waals surface area (Å²) in [6, 6.07) is 2.14. The number of anilines is 1. The minimum atomic E-state index is 0.333. The molecule has 0 aromatic carbocycles. The van der Waals surface area contributed by atoms with Gasteiger partial charge in [0.15, 0.2) is 0 Å². The largest absolute Gasteiger partial charge is 0.376 e. The van der Waals surface area contributed by atoms with Crippen LogP contribution < -0.4 is 5.32 Å². The third kappa shape index (κ3) is 2.25. The minimum Gasteiger partial charge on any atom is -0.376 e. The van der Waals surface area contributed by atoms with Gasteiger partial charge in [-0.05, 0) is 25.8 Å². The Morgan fingerprint density at radius 3 is 3.29 bits per heavy atom. The van der Waals surface area contributed by atoms with Gasteiger partial charge in [0.05, 0.1) is 11.5 Å². The van der Waals surface area contributed by atoms with Crippen LogP contribution in [0.3, 0.4) is 0 Å². The lowest BCUT2D eigenvalue weighted by Gasteiger charge is -2.11. The van der Waals surface area contributed by atoms with Crippen molar-refractivity contribution in [2.24, 2.45) is 0 Å². The van der Waals surface area contributed by atoms with E-state index in [1.165, 1.54) is 11.3 Å². The smallest absolute Gasteiger partial charge is 0.138 e. The molecule has 1 atom stereocenters. The van der Waals surface area contributed by atoms with Crippen LogP contribution in [0.2, 0.25) is 0 Å². The van der Waals surface area contributed by atoms with Gasteiger partial charge in [-0.2, -0.15) is 0 Å². The molecule has 1 saturated heterocycles. The predicted molar refractivity (Wildman–Crippen MR) is 69.6 cm³/mol. The van der Waals surface area contributed by atoms with Crippen LogP contribution >= 0.6 is 11.3 Å². The average molecular weight is 249 g/mol. The second-order valence-corrected chi connectivity index (χ2v) is 5.55. The summed E-state index contributed by atoms with van der Waals surface area (Å²) in [6.45, 7) is 3.82. The van der Waals surface area contributed by atoms with Gasteiger partial charge in [0, 0.05) is 18.0 Å². The second-order valence-electron chi connectivity index (χ2n) is 4.31. The number of nitrogens with zero attached hydrogens (tertiary/aromatic N) is 2. The molecule has 0 bridgehead atoms. The number of thiophene rings is 1. The Labute approximate surface area is 104 Å². The highest BCUT2D eigenvalue weighted by molar-refractivity contribution is 7.18. The average Bonchev–Trinajstić information content (AvgIpc) is 2.93. The highest BCUT2D eigenvalue weighted by Crippen LogP contribution is 2.27. The zero-order valence-corrected chi connectivity index (χ0v) is 10.6. The van der Waals surface area contributed by atoms with Crippen LogP contribution in [0.25, 0.3) is 10.2 Å². The fraction of sp³-hybridized carbons (Fsp3) is 0.500. The quantitative estimate of drug-likeness (QED) is 0.908. The molecule has 3 rings (SSSR count). The van der Waals surface area contributed by atoms with Crippen molar-refractivity contribution in [3.8, 4) is 0 Å². The van der Waals surface area contributed by atoms with E-state index in [1.807, 2.05) is 0 Å². The summed E-state index contributed by atoms with van der Waals surface area (Å²) in [5, 5.41) is 4.49. The first kappa shape index (κ1) is 10.9. The van der Waals surface area contributed by atoms with Gasteiger partial charge in [0.1, 0.15) is 17.0 Å². The van der Waals surface area contributed by atoms with Gasteiger partial charge in [-0.15, -0.1) is 11.3 Å². The molecule has 4 nitrogen and oxygen atoms in total. The second kappa shape index (κ2) is 4.58. The first-order valence-corrected chi connectivity index (χ1v) is 6.71. The zero-order chi connectivity index (χ0) is 11.7. The van der Waals surface area contributed by atoms with Crippen molar-refractivity contribution in [3.63, 3.8) is 0 Å². The third-order valence-electron chi connectivity index (χ3n) is 2.97. The van der Waals surface area contributed by atoms with E-state index in [-0.39, 0.29) is 0 Å². The Balaban J connectivity index is 1.79. The van der Waals surface area contributed by atoms with Crippen LogP contribution in [-0.2, 0) is 4.74 Å². The van der Waals surface area contributed by atoms with E-state index in [0.29, 0.717) is 6.10 Å². The molecule has 1 unspecified atom stereocenters. The predicted octanol–water partition coefficient (Wildman–Crippen LogP) is 2.59. The van der Waals surface area contributed by atoms with E-state index in [1.54, 1.807) is 17.7 Å². The summed E-state index contributed by atoms with van der Waals surface area (Å²) in [5.74, 6) is 0.926. The molecule has 1 aliphatic rings. The standard InChI is InChI=1S/C12H15N3OS/c1-8-5-10-11(14-7-15-12(10)17-8)13-6-9-3-2-4-16-9/h5,7,9H,2-4,6H2,1H3,(H,13,14,15). The molecular formula is C12H15N3OS. The summed E-state index contributed by atoms with van der Waals surface area (Å²) in [6.07, 6.45) is 4.27. The molecule has 0 saturated carbocycles. The first-order chi connectivity index (χ1) is 8.33. The van der Waals surface area contributed by atoms with Crippen LogP contribution in [0.4, 0.5) is 5.82 Å². The minimum absolute atomic E-state index is 0.333. The number of nitrogens with one attached hydrogen (secondary N) is 1. The van der Waals surface area contributed by atoms with E-state index in [9.17, 15) is 0 Å². The number of hydrogen-bond acceptors (Lipinski definition) is 5. The van der Waals surface area contributed by atoms with Crippen LogP contribution in [-0.4, -0.2) is 29.2 Å². The van der Waals surface area contributed by atoms with E-state index >= 15 is 0 Å². The van der Waals surface area contributed by atoms with Gasteiger partial charge in [-0.1, -0.05) is 0 Å². The third-order valence-corrected chi connectivity index (χ3v) is 3.93. The molecule has 0 aliphatic carbocycles. The van der Waals surface area contributed by atoms with E-state index in [2.05, 4.69) is 28.3 Å². The number of hydrogen-bond donors (Lipinski definition) is 1. The SMILES string of the molecule is Cc1cc2c(NCC3CCCO3)ncnc2s1. The highest BCUT2D eigenvalue weighted by Gasteiger charge is 2.16. The van der Waals surface area contributed by atoms with Gasteiger partial charge in [-0.3, -0.25) is 0 Å². The Hall–Kier alpha value is -1.20. The molecule has 3 heterocycles. The summed E-state index contributed by atoms with van der Waals surface area (Å²) in [7, 11) is 0. The van der Waals surface area contributed by atoms with Gasteiger partial charge in [0.25, 0.3) is 0 Å². The lowest BCUT2D eigenvalue weighted by atomic mass is 10.2. The summed E-state index contributed by atoms with van der Waals surface area (Å²) >= 11 is 1.70. The molecule has 90 valence electrons. The molecule has 5 heteroatoms. The molecule has 0 radical (unpaired) electrons. The van der Waals surface area contributed by atoms with Crippen molar-refractivity contribution in [1.82, 2.24) is 9.97 Å². The molecule has 2 aromatic rings. The normalized spacial score (nSPS) is 19.9. The fourth-order valence-corrected chi connectivity index (χ4v) is 2.98. The van der Waals surface area contributed by atoms with Crippen LogP contribution in [0.5, 0.6) is 0 Å². The Bertz CT molecular complexity index is 519. The summed E-state index contributed by atoms with van der Waals surface area (Å²) in [4.78, 5) is 10.9. The molecule has 0 amide bonds. The topological polar surface area (TPSA) is 47.0 Å². The summed E-state index contributed by atoms with van der Waals surface area (Å²) < 4.78 is 5.59. The van der Waals surface area contributed by atoms with Crippen LogP contribution in [0.1, 0.15) is 17.7 Å². The number of ether oxygens (including phenoxy) is 1. The first-order valence-electron chi connectivity index (χ1n) is 5.89. The maximum atomic E-state index is 5.59. The van der Waals surface area contributed by atoms with Crippen molar-refractivity contribution in [2.75, 3.05) is 18.5 Å². The molecule has 1 N–H and O–H groups in total. The maximum Gasteiger partial charge on any atom is 0.138 e. The van der Waals surface area contributed by atoms with Gasteiger partial charge >= 0.3 is 0 Å². The number of rotatable bonds is 3. The molecule has 17 heavy (non-hydrogen) atoms. The number of aryl methyl sites for hydroxylation is 1.